The second-order valence-corrected chi connectivity index (χ2v) is 9.28. The van der Waals surface area contributed by atoms with Gasteiger partial charge in [-0.2, -0.15) is 10.2 Å². The number of carbonyl (C=O) groups is 1. The minimum atomic E-state index is -0.635. The molecule has 1 aromatic carbocycles. The highest BCUT2D eigenvalue weighted by atomic mass is 32.1. The molecule has 0 unspecified atom stereocenters. The number of nitrogens with zero attached hydrogens (tertiary/aromatic N) is 6. The zero-order valence-corrected chi connectivity index (χ0v) is 21.6. The maximum Gasteiger partial charge on any atom is 0.271 e. The molecule has 1 amide bonds. The SMILES string of the molecule is CCc1cc2scc(C#Cc3cnn(C)c3)c2nc1-c1ccccc1.NC(=O)c1c(N)nc2cccnn12. The van der Waals surface area contributed by atoms with Gasteiger partial charge in [0, 0.05) is 30.4 Å². The first-order chi connectivity index (χ1) is 18.4. The number of nitrogen functional groups attached to an aromatic ring is 1. The number of benzene rings is 1. The Kier molecular flexibility index (Phi) is 6.84. The van der Waals surface area contributed by atoms with Crippen molar-refractivity contribution in [3.63, 3.8) is 0 Å². The monoisotopic (exact) mass is 520 g/mol. The maximum atomic E-state index is 10.9. The van der Waals surface area contributed by atoms with Gasteiger partial charge in [-0.25, -0.2) is 14.5 Å². The van der Waals surface area contributed by atoms with Gasteiger partial charge in [-0.15, -0.1) is 11.3 Å². The molecule has 4 N–H and O–H groups in total. The molecule has 0 saturated heterocycles. The number of thiophene rings is 1. The van der Waals surface area contributed by atoms with Crippen LogP contribution in [-0.4, -0.2) is 35.3 Å². The topological polar surface area (TPSA) is 130 Å². The predicted molar refractivity (Wildman–Crippen MR) is 150 cm³/mol. The minimum absolute atomic E-state index is 0.103. The van der Waals surface area contributed by atoms with Crippen molar-refractivity contribution in [2.24, 2.45) is 12.8 Å². The summed E-state index contributed by atoms with van der Waals surface area (Å²) in [6.07, 6.45) is 6.18. The van der Waals surface area contributed by atoms with Gasteiger partial charge in [-0.3, -0.25) is 9.48 Å². The van der Waals surface area contributed by atoms with Crippen LogP contribution in [-0.2, 0) is 13.5 Å². The Bertz CT molecular complexity index is 1820. The van der Waals surface area contributed by atoms with E-state index < -0.39 is 5.91 Å². The highest BCUT2D eigenvalue weighted by Gasteiger charge is 2.14. The van der Waals surface area contributed by atoms with E-state index in [-0.39, 0.29) is 11.5 Å². The molecule has 188 valence electrons. The molecule has 6 rings (SSSR count). The molecule has 0 fully saturated rings. The number of anilines is 1. The summed E-state index contributed by atoms with van der Waals surface area (Å²) in [5, 5.41) is 10.1. The molecule has 10 heteroatoms. The molecule has 0 aliphatic rings. The average molecular weight is 521 g/mol. The van der Waals surface area contributed by atoms with Gasteiger partial charge in [-0.05, 0) is 30.2 Å². The van der Waals surface area contributed by atoms with Gasteiger partial charge >= 0.3 is 0 Å². The van der Waals surface area contributed by atoms with Gasteiger partial charge in [0.05, 0.1) is 33.2 Å². The van der Waals surface area contributed by atoms with Crippen molar-refractivity contribution < 1.29 is 4.79 Å². The molecule has 38 heavy (non-hydrogen) atoms. The zero-order valence-electron chi connectivity index (χ0n) is 20.8. The second kappa shape index (κ2) is 10.5. The number of imidazole rings is 1. The lowest BCUT2D eigenvalue weighted by Gasteiger charge is -2.07. The Morgan fingerprint density at radius 3 is 2.61 bits per heavy atom. The smallest absolute Gasteiger partial charge is 0.271 e. The molecule has 0 aliphatic carbocycles. The van der Waals surface area contributed by atoms with Crippen LogP contribution in [0.2, 0.25) is 0 Å². The molecule has 5 heterocycles. The molecule has 0 atom stereocenters. The summed E-state index contributed by atoms with van der Waals surface area (Å²) in [5.74, 6) is 5.91. The normalized spacial score (nSPS) is 10.6. The van der Waals surface area contributed by atoms with Crippen molar-refractivity contribution in [3.05, 3.63) is 94.9 Å². The summed E-state index contributed by atoms with van der Waals surface area (Å²) >= 11 is 1.70. The lowest BCUT2D eigenvalue weighted by atomic mass is 10.0. The number of aromatic nitrogens is 6. The highest BCUT2D eigenvalue weighted by molar-refractivity contribution is 7.17. The summed E-state index contributed by atoms with van der Waals surface area (Å²) in [7, 11) is 1.89. The minimum Gasteiger partial charge on any atom is -0.382 e. The Morgan fingerprint density at radius 2 is 1.89 bits per heavy atom. The molecule has 0 aliphatic heterocycles. The quantitative estimate of drug-likeness (QED) is 0.338. The van der Waals surface area contributed by atoms with E-state index in [0.717, 1.165) is 34.3 Å². The van der Waals surface area contributed by atoms with E-state index in [0.29, 0.717) is 5.65 Å². The first kappa shape index (κ1) is 24.7. The van der Waals surface area contributed by atoms with E-state index in [4.69, 9.17) is 16.5 Å². The molecule has 6 aromatic rings. The Balaban J connectivity index is 0.000000190. The van der Waals surface area contributed by atoms with Gasteiger partial charge in [0.2, 0.25) is 0 Å². The molecule has 0 bridgehead atoms. The number of amides is 1. The predicted octanol–water partition coefficient (Wildman–Crippen LogP) is 4.07. The van der Waals surface area contributed by atoms with Crippen LogP contribution >= 0.6 is 11.3 Å². The van der Waals surface area contributed by atoms with Crippen LogP contribution in [0.3, 0.4) is 0 Å². The lowest BCUT2D eigenvalue weighted by Crippen LogP contribution is -2.16. The molecule has 0 spiro atoms. The molecule has 0 radical (unpaired) electrons. The van der Waals surface area contributed by atoms with Crippen LogP contribution < -0.4 is 11.5 Å². The summed E-state index contributed by atoms with van der Waals surface area (Å²) in [6, 6.07) is 16.0. The third-order valence-electron chi connectivity index (χ3n) is 5.75. The lowest BCUT2D eigenvalue weighted by molar-refractivity contribution is 0.0994. The number of aryl methyl sites for hydroxylation is 2. The van der Waals surface area contributed by atoms with Crippen molar-refractivity contribution >= 4 is 38.9 Å². The van der Waals surface area contributed by atoms with Gasteiger partial charge in [0.25, 0.3) is 5.91 Å². The second-order valence-electron chi connectivity index (χ2n) is 8.37. The number of primary amides is 1. The summed E-state index contributed by atoms with van der Waals surface area (Å²) < 4.78 is 4.26. The first-order valence-corrected chi connectivity index (χ1v) is 12.7. The van der Waals surface area contributed by atoms with E-state index in [1.54, 1.807) is 34.3 Å². The Hall–Kier alpha value is -5.01. The average Bonchev–Trinajstić information content (AvgIpc) is 3.62. The number of nitrogens with two attached hydrogens (primary N) is 2. The molecule has 5 aromatic heterocycles. The van der Waals surface area contributed by atoms with Gasteiger partial charge in [0.1, 0.15) is 0 Å². The number of fused-ring (bicyclic) bond motifs is 2. The standard InChI is InChI=1S/C21H17N3S.C7H7N5O/c1-3-16-11-19-21(23-20(16)17-7-5-4-6-8-17)18(14-25-19)10-9-15-12-22-24(2)13-15;8-6-5(7(9)13)12-4(11-6)2-1-3-10-12/h4-8,11-14H,3H2,1-2H3;1-3H,8H2,(H2,9,13). The van der Waals surface area contributed by atoms with Crippen LogP contribution in [0.25, 0.3) is 27.1 Å². The molecular formula is C28H24N8OS. The molecule has 9 nitrogen and oxygen atoms in total. The summed E-state index contributed by atoms with van der Waals surface area (Å²) in [6.45, 7) is 2.17. The fourth-order valence-electron chi connectivity index (χ4n) is 3.96. The van der Waals surface area contributed by atoms with Crippen molar-refractivity contribution in [2.75, 3.05) is 5.73 Å². The third kappa shape index (κ3) is 4.96. The summed E-state index contributed by atoms with van der Waals surface area (Å²) in [5.41, 5.74) is 17.6. The van der Waals surface area contributed by atoms with Gasteiger partial charge in [0.15, 0.2) is 17.2 Å². The van der Waals surface area contributed by atoms with Crippen molar-refractivity contribution in [1.29, 1.82) is 0 Å². The first-order valence-electron chi connectivity index (χ1n) is 11.8. The fourth-order valence-corrected chi connectivity index (χ4v) is 4.85. The van der Waals surface area contributed by atoms with Crippen LogP contribution in [0.5, 0.6) is 0 Å². The number of hydrogen-bond acceptors (Lipinski definition) is 7. The van der Waals surface area contributed by atoms with Crippen molar-refractivity contribution in [2.45, 2.75) is 13.3 Å². The Labute approximate surface area is 222 Å². The van der Waals surface area contributed by atoms with E-state index in [1.165, 1.54) is 21.0 Å². The largest absolute Gasteiger partial charge is 0.382 e. The van der Waals surface area contributed by atoms with E-state index in [9.17, 15) is 4.79 Å². The number of hydrogen-bond donors (Lipinski definition) is 2. The summed E-state index contributed by atoms with van der Waals surface area (Å²) in [4.78, 5) is 19.8. The number of carbonyl (C=O) groups excluding carboxylic acids is 1. The van der Waals surface area contributed by atoms with Gasteiger partial charge < -0.3 is 11.5 Å². The fraction of sp³-hybridized carbons (Fsp3) is 0.107. The van der Waals surface area contributed by atoms with Gasteiger partial charge in [-0.1, -0.05) is 49.1 Å². The van der Waals surface area contributed by atoms with Crippen LogP contribution in [0, 0.1) is 11.8 Å². The van der Waals surface area contributed by atoms with Crippen molar-refractivity contribution in [3.8, 4) is 23.1 Å². The molecular weight excluding hydrogens is 496 g/mol. The van der Waals surface area contributed by atoms with Crippen LogP contribution in [0.1, 0.15) is 34.1 Å². The van der Waals surface area contributed by atoms with E-state index in [2.05, 4.69) is 69.7 Å². The van der Waals surface area contributed by atoms with Crippen molar-refractivity contribution in [1.82, 2.24) is 29.4 Å². The number of rotatable bonds is 3. The van der Waals surface area contributed by atoms with E-state index in [1.807, 2.05) is 19.3 Å². The molecule has 0 saturated carbocycles. The maximum absolute atomic E-state index is 10.9. The Morgan fingerprint density at radius 1 is 1.08 bits per heavy atom. The third-order valence-corrected chi connectivity index (χ3v) is 6.67. The highest BCUT2D eigenvalue weighted by Crippen LogP contribution is 2.31. The zero-order chi connectivity index (χ0) is 26.6. The number of pyridine rings is 1. The van der Waals surface area contributed by atoms with E-state index >= 15 is 0 Å². The van der Waals surface area contributed by atoms with Crippen LogP contribution in [0.15, 0.2) is 72.5 Å². The van der Waals surface area contributed by atoms with Crippen LogP contribution in [0.4, 0.5) is 5.82 Å².